The molecule has 0 aliphatic heterocycles. The maximum atomic E-state index is 10.4. The highest BCUT2D eigenvalue weighted by atomic mass is 16.5. The van der Waals surface area contributed by atoms with Crippen molar-refractivity contribution < 1.29 is 49.1 Å². The van der Waals surface area contributed by atoms with Gasteiger partial charge in [0.1, 0.15) is 0 Å². The van der Waals surface area contributed by atoms with E-state index >= 15 is 0 Å². The van der Waals surface area contributed by atoms with Gasteiger partial charge < -0.3 is 29.9 Å². The minimum absolute atomic E-state index is 0.187. The molecule has 0 aromatic heterocycles. The second kappa shape index (κ2) is 22.0. The lowest BCUT2D eigenvalue weighted by atomic mass is 10.1. The number of carbonyl (C=O) groups excluding carboxylic acids is 2. The predicted molar refractivity (Wildman–Crippen MR) is 116 cm³/mol. The van der Waals surface area contributed by atoms with Crippen LogP contribution in [0.2, 0.25) is 0 Å². The smallest absolute Gasteiger partial charge is 0.305 e. The summed E-state index contributed by atoms with van der Waals surface area (Å²) in [6.45, 7) is 3.63. The van der Waals surface area contributed by atoms with Crippen LogP contribution < -0.4 is 0 Å². The molecule has 0 aliphatic carbocycles. The first-order chi connectivity index (χ1) is 15.0. The third-order valence-corrected chi connectivity index (χ3v) is 4.29. The van der Waals surface area contributed by atoms with Gasteiger partial charge in [-0.3, -0.25) is 19.2 Å². The number of aliphatic hydroxyl groups excluding tert-OH is 2. The monoisotopic (exact) mass is 464 g/mol. The zero-order chi connectivity index (χ0) is 24.8. The van der Waals surface area contributed by atoms with Crippen LogP contribution in [0.4, 0.5) is 0 Å². The summed E-state index contributed by atoms with van der Waals surface area (Å²) in [5.41, 5.74) is 0. The van der Waals surface area contributed by atoms with E-state index in [2.05, 4.69) is 0 Å². The fourth-order valence-corrected chi connectivity index (χ4v) is 2.71. The van der Waals surface area contributed by atoms with Crippen LogP contribution in [0.1, 0.15) is 90.9 Å². The number of hydrogen-bond donors (Lipinski definition) is 4. The molecule has 10 nitrogen and oxygen atoms in total. The largest absolute Gasteiger partial charge is 0.481 e. The van der Waals surface area contributed by atoms with E-state index in [1.165, 1.54) is 13.8 Å². The molecular weight excluding hydrogens is 424 g/mol. The van der Waals surface area contributed by atoms with E-state index in [0.29, 0.717) is 26.1 Å². The molecule has 4 N–H and O–H groups in total. The Morgan fingerprint density at radius 1 is 0.594 bits per heavy atom. The summed E-state index contributed by atoms with van der Waals surface area (Å²) in [4.78, 5) is 41.3. The van der Waals surface area contributed by atoms with Crippen LogP contribution in [0.15, 0.2) is 0 Å². The number of esters is 2. The van der Waals surface area contributed by atoms with Crippen LogP contribution >= 0.6 is 0 Å². The average molecular weight is 465 g/mol. The summed E-state index contributed by atoms with van der Waals surface area (Å²) in [7, 11) is 0. The standard InChI is InChI=1S/2C11H20O5/c2*1-9(12)16-7-5-3-2-4-6-10(13)8-11(14)15/h2*10,13H,2-8H2,1H3,(H,14,15). The van der Waals surface area contributed by atoms with Crippen molar-refractivity contribution >= 4 is 23.9 Å². The zero-order valence-corrected chi connectivity index (χ0v) is 19.3. The van der Waals surface area contributed by atoms with E-state index in [1.54, 1.807) is 0 Å². The van der Waals surface area contributed by atoms with Crippen LogP contribution in [0.25, 0.3) is 0 Å². The number of rotatable bonds is 18. The lowest BCUT2D eigenvalue weighted by Crippen LogP contribution is -2.12. The van der Waals surface area contributed by atoms with Crippen LogP contribution in [-0.4, -0.2) is 69.7 Å². The van der Waals surface area contributed by atoms with Crippen molar-refractivity contribution in [3.8, 4) is 0 Å². The van der Waals surface area contributed by atoms with Crippen molar-refractivity contribution in [2.75, 3.05) is 13.2 Å². The van der Waals surface area contributed by atoms with Gasteiger partial charge >= 0.3 is 23.9 Å². The predicted octanol–water partition coefficient (Wildman–Crippen LogP) is 2.67. The molecule has 32 heavy (non-hydrogen) atoms. The van der Waals surface area contributed by atoms with Crippen molar-refractivity contribution in [3.63, 3.8) is 0 Å². The van der Waals surface area contributed by atoms with Gasteiger partial charge in [0, 0.05) is 13.8 Å². The lowest BCUT2D eigenvalue weighted by molar-refractivity contribution is -0.142. The molecule has 0 amide bonds. The van der Waals surface area contributed by atoms with E-state index in [4.69, 9.17) is 19.7 Å². The van der Waals surface area contributed by atoms with Gasteiger partial charge in [-0.05, 0) is 25.7 Å². The van der Waals surface area contributed by atoms with Crippen molar-refractivity contribution in [2.45, 2.75) is 103 Å². The number of unbranched alkanes of at least 4 members (excludes halogenated alkanes) is 6. The van der Waals surface area contributed by atoms with Gasteiger partial charge in [0.2, 0.25) is 0 Å². The molecule has 0 radical (unpaired) electrons. The number of carbonyl (C=O) groups is 4. The molecule has 0 saturated carbocycles. The van der Waals surface area contributed by atoms with Gasteiger partial charge in [-0.15, -0.1) is 0 Å². The Labute approximate surface area is 189 Å². The Kier molecular flexibility index (Phi) is 22.0. The third-order valence-electron chi connectivity index (χ3n) is 4.29. The SMILES string of the molecule is CC(=O)OCCCCCCC(O)CC(=O)O.CC(=O)OCCCCCCC(O)CC(=O)O. The molecule has 0 heterocycles. The Morgan fingerprint density at radius 2 is 0.906 bits per heavy atom. The minimum Gasteiger partial charge on any atom is -0.481 e. The number of carboxylic acids is 2. The van der Waals surface area contributed by atoms with Crippen LogP contribution in [0, 0.1) is 0 Å². The van der Waals surface area contributed by atoms with Gasteiger partial charge in [0.05, 0.1) is 38.3 Å². The second-order valence-corrected chi connectivity index (χ2v) is 7.59. The summed E-state index contributed by atoms with van der Waals surface area (Å²) in [6, 6.07) is 0. The van der Waals surface area contributed by atoms with Gasteiger partial charge in [-0.2, -0.15) is 0 Å². The number of carboxylic acid groups (broad SMARTS) is 2. The summed E-state index contributed by atoms with van der Waals surface area (Å²) >= 11 is 0. The first-order valence-corrected chi connectivity index (χ1v) is 11.1. The molecule has 0 saturated heterocycles. The Hall–Kier alpha value is -2.20. The van der Waals surface area contributed by atoms with Crippen LogP contribution in [-0.2, 0) is 28.7 Å². The molecule has 0 spiro atoms. The summed E-state index contributed by atoms with van der Waals surface area (Å²) in [5, 5.41) is 35.3. The van der Waals surface area contributed by atoms with E-state index < -0.39 is 24.1 Å². The topological polar surface area (TPSA) is 168 Å². The second-order valence-electron chi connectivity index (χ2n) is 7.59. The van der Waals surface area contributed by atoms with Gasteiger partial charge in [0.15, 0.2) is 0 Å². The quantitative estimate of drug-likeness (QED) is 0.175. The van der Waals surface area contributed by atoms with Crippen molar-refractivity contribution in [2.24, 2.45) is 0 Å². The lowest BCUT2D eigenvalue weighted by Gasteiger charge is -2.07. The molecular formula is C22H40O10. The maximum absolute atomic E-state index is 10.4. The highest BCUT2D eigenvalue weighted by molar-refractivity contribution is 5.67. The number of hydrogen-bond acceptors (Lipinski definition) is 8. The zero-order valence-electron chi connectivity index (χ0n) is 19.3. The summed E-state index contributed by atoms with van der Waals surface area (Å²) in [5.74, 6) is -2.47. The number of ether oxygens (including phenoxy) is 2. The van der Waals surface area contributed by atoms with Crippen LogP contribution in [0.5, 0.6) is 0 Å². The fraction of sp³-hybridized carbons (Fsp3) is 0.818. The maximum Gasteiger partial charge on any atom is 0.305 e. The molecule has 188 valence electrons. The molecule has 0 fully saturated rings. The highest BCUT2D eigenvalue weighted by Crippen LogP contribution is 2.09. The first kappa shape index (κ1) is 32.0. The fourth-order valence-electron chi connectivity index (χ4n) is 2.71. The Morgan fingerprint density at radius 3 is 1.19 bits per heavy atom. The Bertz CT molecular complexity index is 475. The summed E-state index contributed by atoms with van der Waals surface area (Å²) < 4.78 is 9.51. The molecule has 0 rings (SSSR count). The van der Waals surface area contributed by atoms with Gasteiger partial charge in [0.25, 0.3) is 0 Å². The molecule has 2 unspecified atom stereocenters. The number of aliphatic hydroxyl groups is 2. The minimum atomic E-state index is -0.970. The molecule has 0 aromatic rings. The van der Waals surface area contributed by atoms with Crippen molar-refractivity contribution in [1.29, 1.82) is 0 Å². The van der Waals surface area contributed by atoms with Crippen LogP contribution in [0.3, 0.4) is 0 Å². The van der Waals surface area contributed by atoms with Gasteiger partial charge in [-0.1, -0.05) is 38.5 Å². The van der Waals surface area contributed by atoms with E-state index in [9.17, 15) is 29.4 Å². The van der Waals surface area contributed by atoms with E-state index in [1.807, 2.05) is 0 Å². The normalized spacial score (nSPS) is 12.1. The Balaban J connectivity index is 0. The average Bonchev–Trinajstić information content (AvgIpc) is 2.65. The van der Waals surface area contributed by atoms with E-state index in [-0.39, 0.29) is 24.8 Å². The van der Waals surface area contributed by atoms with E-state index in [0.717, 1.165) is 51.4 Å². The number of aliphatic carboxylic acids is 2. The molecule has 0 aliphatic rings. The molecule has 10 heteroatoms. The third kappa shape index (κ3) is 30.0. The van der Waals surface area contributed by atoms with Crippen molar-refractivity contribution in [3.05, 3.63) is 0 Å². The molecule has 0 bridgehead atoms. The highest BCUT2D eigenvalue weighted by Gasteiger charge is 2.09. The van der Waals surface area contributed by atoms with Gasteiger partial charge in [-0.25, -0.2) is 0 Å². The molecule has 2 atom stereocenters. The van der Waals surface area contributed by atoms with Crippen molar-refractivity contribution in [1.82, 2.24) is 0 Å². The summed E-state index contributed by atoms with van der Waals surface area (Å²) in [6.07, 6.45) is 6.07. The molecule has 0 aromatic carbocycles. The first-order valence-electron chi connectivity index (χ1n) is 11.1.